The van der Waals surface area contributed by atoms with E-state index in [4.69, 9.17) is 14.2 Å². The van der Waals surface area contributed by atoms with E-state index in [1.54, 1.807) is 25.1 Å². The highest BCUT2D eigenvalue weighted by atomic mass is 32.1. The van der Waals surface area contributed by atoms with Crippen molar-refractivity contribution in [3.8, 4) is 17.2 Å². The van der Waals surface area contributed by atoms with Gasteiger partial charge in [-0.15, -0.1) is 0 Å². The Balaban J connectivity index is 1.81. The van der Waals surface area contributed by atoms with E-state index in [1.807, 2.05) is 19.1 Å². The average molecular weight is 549 g/mol. The molecule has 1 aromatic heterocycles. The second kappa shape index (κ2) is 10.0. The normalized spacial score (nSPS) is 16.7. The number of hydrogen-bond acceptors (Lipinski definition) is 8. The molecule has 2 heterocycles. The molecule has 1 aliphatic rings. The number of thiazole rings is 1. The summed E-state index contributed by atoms with van der Waals surface area (Å²) in [7, 11) is 4.37. The Morgan fingerprint density at radius 3 is 2.31 bits per heavy atom. The van der Waals surface area contributed by atoms with Crippen molar-refractivity contribution in [2.75, 3.05) is 26.2 Å². The summed E-state index contributed by atoms with van der Waals surface area (Å²) in [6.07, 6.45) is 0. The number of nitrogens with zero attached hydrogens (tertiary/aromatic N) is 2. The highest BCUT2D eigenvalue weighted by Crippen LogP contribution is 2.48. The van der Waals surface area contributed by atoms with Gasteiger partial charge in [-0.2, -0.15) is 0 Å². The van der Waals surface area contributed by atoms with Crippen LogP contribution in [0, 0.1) is 19.7 Å². The monoisotopic (exact) mass is 548 g/mol. The van der Waals surface area contributed by atoms with E-state index in [9.17, 15) is 19.1 Å². The summed E-state index contributed by atoms with van der Waals surface area (Å²) in [5.74, 6) is -1.59. The van der Waals surface area contributed by atoms with Crippen molar-refractivity contribution in [3.63, 3.8) is 0 Å². The molecule has 3 aromatic carbocycles. The fourth-order valence-corrected chi connectivity index (χ4v) is 5.75. The van der Waals surface area contributed by atoms with Crippen molar-refractivity contribution >= 4 is 44.1 Å². The van der Waals surface area contributed by atoms with Crippen LogP contribution in [-0.2, 0) is 9.59 Å². The van der Waals surface area contributed by atoms with Gasteiger partial charge in [0.15, 0.2) is 16.6 Å². The Morgan fingerprint density at radius 1 is 0.974 bits per heavy atom. The molecule has 5 rings (SSSR count). The van der Waals surface area contributed by atoms with Gasteiger partial charge in [0.25, 0.3) is 5.78 Å². The number of carbonyl (C=O) groups is 2. The minimum Gasteiger partial charge on any atom is -0.507 e. The molecule has 0 radical (unpaired) electrons. The summed E-state index contributed by atoms with van der Waals surface area (Å²) in [4.78, 5) is 33.0. The van der Waals surface area contributed by atoms with Crippen molar-refractivity contribution in [2.45, 2.75) is 19.9 Å². The Hall–Kier alpha value is -4.44. The smallest absolute Gasteiger partial charge is 0.301 e. The van der Waals surface area contributed by atoms with Gasteiger partial charge in [0.05, 0.1) is 43.2 Å². The first-order valence-electron chi connectivity index (χ1n) is 11.9. The highest BCUT2D eigenvalue weighted by molar-refractivity contribution is 7.22. The third-order valence-corrected chi connectivity index (χ3v) is 7.66. The Morgan fingerprint density at radius 2 is 1.67 bits per heavy atom. The molecule has 10 heteroatoms. The quantitative estimate of drug-likeness (QED) is 0.187. The summed E-state index contributed by atoms with van der Waals surface area (Å²) in [6.45, 7) is 3.67. The Kier molecular flexibility index (Phi) is 6.73. The number of ether oxygens (including phenoxy) is 3. The van der Waals surface area contributed by atoms with Gasteiger partial charge in [-0.05, 0) is 61.4 Å². The first kappa shape index (κ1) is 26.2. The lowest BCUT2D eigenvalue weighted by Gasteiger charge is -2.24. The van der Waals surface area contributed by atoms with Crippen LogP contribution < -0.4 is 19.1 Å². The van der Waals surface area contributed by atoms with E-state index in [-0.39, 0.29) is 16.5 Å². The van der Waals surface area contributed by atoms with Crippen molar-refractivity contribution in [3.05, 3.63) is 82.2 Å². The molecule has 0 saturated carbocycles. The highest BCUT2D eigenvalue weighted by Gasteiger charge is 2.48. The molecule has 0 spiro atoms. The summed E-state index contributed by atoms with van der Waals surface area (Å²) in [6, 6.07) is 11.7. The molecule has 0 aliphatic carbocycles. The second-order valence-corrected chi connectivity index (χ2v) is 10.1. The van der Waals surface area contributed by atoms with Crippen LogP contribution in [0.1, 0.15) is 28.3 Å². The topological polar surface area (TPSA) is 98.2 Å². The zero-order chi connectivity index (χ0) is 28.0. The Labute approximate surface area is 227 Å². The fraction of sp³-hybridized carbons (Fsp3) is 0.207. The maximum absolute atomic E-state index is 13.9. The van der Waals surface area contributed by atoms with E-state index < -0.39 is 23.5 Å². The standard InChI is InChI=1S/C29H25FN2O6S/c1-14-6-7-15(2)18(10-14)25(33)23-24(16-11-20(36-3)27(38-5)21(12-16)37-4)32(28(35)26(23)34)29-31-19-9-8-17(30)13-22(19)39-29/h6-13,24,33H,1-5H3. The molecular weight excluding hydrogens is 523 g/mol. The zero-order valence-corrected chi connectivity index (χ0v) is 22.7. The van der Waals surface area contributed by atoms with Crippen molar-refractivity contribution in [2.24, 2.45) is 0 Å². The number of hydrogen-bond donors (Lipinski definition) is 1. The number of rotatable bonds is 6. The van der Waals surface area contributed by atoms with Gasteiger partial charge < -0.3 is 19.3 Å². The maximum atomic E-state index is 13.9. The summed E-state index contributed by atoms with van der Waals surface area (Å²) >= 11 is 1.07. The van der Waals surface area contributed by atoms with Gasteiger partial charge in [-0.25, -0.2) is 9.37 Å². The summed E-state index contributed by atoms with van der Waals surface area (Å²) in [5.41, 5.74) is 2.79. The van der Waals surface area contributed by atoms with Gasteiger partial charge in [0.1, 0.15) is 11.6 Å². The van der Waals surface area contributed by atoms with Crippen LogP contribution in [-0.4, -0.2) is 43.1 Å². The lowest BCUT2D eigenvalue weighted by molar-refractivity contribution is -0.132. The SMILES string of the molecule is COc1cc(C2C(=C(O)c3cc(C)ccc3C)C(=O)C(=O)N2c2nc3ccc(F)cc3s2)cc(OC)c1OC. The Bertz CT molecular complexity index is 1650. The predicted molar refractivity (Wildman–Crippen MR) is 146 cm³/mol. The van der Waals surface area contributed by atoms with Gasteiger partial charge in [-0.3, -0.25) is 14.5 Å². The minimum absolute atomic E-state index is 0.117. The van der Waals surface area contributed by atoms with Crippen LogP contribution in [0.5, 0.6) is 17.2 Å². The maximum Gasteiger partial charge on any atom is 0.301 e. The number of aliphatic hydroxyl groups is 1. The number of Topliss-reactive ketones (excluding diaryl/α,β-unsaturated/α-hetero) is 1. The molecule has 1 unspecified atom stereocenters. The number of ketones is 1. The summed E-state index contributed by atoms with van der Waals surface area (Å²) in [5, 5.41) is 11.7. The third kappa shape index (κ3) is 4.36. The number of carbonyl (C=O) groups excluding carboxylic acids is 2. The number of aromatic nitrogens is 1. The predicted octanol–water partition coefficient (Wildman–Crippen LogP) is 5.70. The number of amides is 1. The molecule has 1 fully saturated rings. The molecule has 1 amide bonds. The third-order valence-electron chi connectivity index (χ3n) is 6.64. The van der Waals surface area contributed by atoms with E-state index in [1.165, 1.54) is 44.4 Å². The molecule has 4 aromatic rings. The van der Waals surface area contributed by atoms with Crippen molar-refractivity contribution in [1.29, 1.82) is 0 Å². The zero-order valence-electron chi connectivity index (χ0n) is 21.9. The first-order chi connectivity index (χ1) is 18.7. The van der Waals surface area contributed by atoms with Gasteiger partial charge >= 0.3 is 5.91 Å². The lowest BCUT2D eigenvalue weighted by atomic mass is 9.93. The van der Waals surface area contributed by atoms with Gasteiger partial charge in [-0.1, -0.05) is 29.0 Å². The van der Waals surface area contributed by atoms with Crippen LogP contribution in [0.3, 0.4) is 0 Å². The first-order valence-corrected chi connectivity index (χ1v) is 12.7. The number of aliphatic hydroxyl groups excluding tert-OH is 1. The number of aryl methyl sites for hydroxylation is 2. The van der Waals surface area contributed by atoms with Crippen LogP contribution in [0.2, 0.25) is 0 Å². The molecule has 39 heavy (non-hydrogen) atoms. The minimum atomic E-state index is -1.09. The van der Waals surface area contributed by atoms with Crippen LogP contribution in [0.4, 0.5) is 9.52 Å². The molecular formula is C29H25FN2O6S. The van der Waals surface area contributed by atoms with Crippen LogP contribution in [0.25, 0.3) is 16.0 Å². The molecule has 1 N–H and O–H groups in total. The van der Waals surface area contributed by atoms with Crippen molar-refractivity contribution < 1.29 is 33.3 Å². The molecule has 0 bridgehead atoms. The summed E-state index contributed by atoms with van der Waals surface area (Å²) < 4.78 is 30.9. The number of benzene rings is 3. The fourth-order valence-electron chi connectivity index (χ4n) is 4.73. The molecule has 8 nitrogen and oxygen atoms in total. The van der Waals surface area contributed by atoms with Gasteiger partial charge in [0.2, 0.25) is 5.75 Å². The van der Waals surface area contributed by atoms with E-state index >= 15 is 0 Å². The number of anilines is 1. The number of fused-ring (bicyclic) bond motifs is 1. The van der Waals surface area contributed by atoms with Crippen LogP contribution >= 0.6 is 11.3 Å². The van der Waals surface area contributed by atoms with Crippen LogP contribution in [0.15, 0.2) is 54.1 Å². The largest absolute Gasteiger partial charge is 0.507 e. The molecule has 1 aliphatic heterocycles. The van der Waals surface area contributed by atoms with E-state index in [0.717, 1.165) is 22.5 Å². The second-order valence-electron chi connectivity index (χ2n) is 9.05. The molecule has 1 atom stereocenters. The number of halogens is 1. The number of methoxy groups -OCH3 is 3. The molecule has 200 valence electrons. The molecule has 1 saturated heterocycles. The van der Waals surface area contributed by atoms with E-state index in [0.29, 0.717) is 38.6 Å². The average Bonchev–Trinajstić information content (AvgIpc) is 3.46. The van der Waals surface area contributed by atoms with Gasteiger partial charge in [0, 0.05) is 5.56 Å². The van der Waals surface area contributed by atoms with E-state index in [2.05, 4.69) is 4.98 Å². The lowest BCUT2D eigenvalue weighted by Crippen LogP contribution is -2.29. The van der Waals surface area contributed by atoms with Crippen molar-refractivity contribution in [1.82, 2.24) is 4.98 Å².